The molecule has 4 aromatic rings. The van der Waals surface area contributed by atoms with Gasteiger partial charge in [-0.05, 0) is 85.1 Å². The van der Waals surface area contributed by atoms with Gasteiger partial charge in [0.15, 0.2) is 5.11 Å². The molecule has 35 heavy (non-hydrogen) atoms. The Morgan fingerprint density at radius 3 is 2.46 bits per heavy atom. The minimum absolute atomic E-state index is 0.0175. The summed E-state index contributed by atoms with van der Waals surface area (Å²) in [7, 11) is 0. The van der Waals surface area contributed by atoms with Crippen LogP contribution in [0.5, 0.6) is 0 Å². The van der Waals surface area contributed by atoms with Crippen molar-refractivity contribution in [2.45, 2.75) is 52.2 Å². The maximum Gasteiger partial charge on any atom is 0.174 e. The predicted molar refractivity (Wildman–Crippen MR) is 146 cm³/mol. The van der Waals surface area contributed by atoms with Crippen molar-refractivity contribution in [2.75, 3.05) is 4.90 Å². The summed E-state index contributed by atoms with van der Waals surface area (Å²) in [5.41, 5.74) is 8.28. The van der Waals surface area contributed by atoms with Crippen LogP contribution in [0.4, 0.5) is 5.69 Å². The average molecular weight is 482 g/mol. The highest BCUT2D eigenvalue weighted by molar-refractivity contribution is 7.80. The number of nitrogens with zero attached hydrogens (tertiary/aromatic N) is 4. The minimum Gasteiger partial charge on any atom is -0.351 e. The van der Waals surface area contributed by atoms with E-state index >= 15 is 0 Å². The summed E-state index contributed by atoms with van der Waals surface area (Å²) in [6.07, 6.45) is 5.60. The van der Waals surface area contributed by atoms with Crippen LogP contribution in [0.2, 0.25) is 0 Å². The van der Waals surface area contributed by atoms with Gasteiger partial charge in [0, 0.05) is 42.2 Å². The van der Waals surface area contributed by atoms with Gasteiger partial charge in [0.2, 0.25) is 0 Å². The van der Waals surface area contributed by atoms with Gasteiger partial charge in [-0.15, -0.1) is 0 Å². The molecule has 1 aliphatic rings. The molecule has 5 rings (SSSR count). The van der Waals surface area contributed by atoms with Gasteiger partial charge in [-0.2, -0.15) is 0 Å². The molecule has 6 heteroatoms. The molecule has 0 aliphatic carbocycles. The van der Waals surface area contributed by atoms with Crippen LogP contribution in [-0.4, -0.2) is 19.6 Å². The first-order valence-electron chi connectivity index (χ1n) is 12.1. The number of aromatic nitrogens is 3. The normalized spacial score (nSPS) is 17.7. The predicted octanol–water partition coefficient (Wildman–Crippen LogP) is 6.24. The van der Waals surface area contributed by atoms with E-state index in [4.69, 9.17) is 17.2 Å². The van der Waals surface area contributed by atoms with Crippen molar-refractivity contribution < 1.29 is 0 Å². The van der Waals surface area contributed by atoms with Gasteiger partial charge in [-0.3, -0.25) is 9.97 Å². The highest BCUT2D eigenvalue weighted by Crippen LogP contribution is 2.43. The average Bonchev–Trinajstić information content (AvgIpc) is 3.36. The Morgan fingerprint density at radius 2 is 1.80 bits per heavy atom. The van der Waals surface area contributed by atoms with E-state index in [1.165, 1.54) is 28.1 Å². The van der Waals surface area contributed by atoms with Crippen molar-refractivity contribution in [3.63, 3.8) is 0 Å². The zero-order valence-corrected chi connectivity index (χ0v) is 21.5. The zero-order valence-electron chi connectivity index (χ0n) is 20.6. The van der Waals surface area contributed by atoms with E-state index in [0.29, 0.717) is 5.92 Å². The number of aryl methyl sites for hydroxylation is 1. The van der Waals surface area contributed by atoms with Crippen LogP contribution in [0, 0.1) is 13.8 Å². The second-order valence-electron chi connectivity index (χ2n) is 9.52. The molecule has 2 atom stereocenters. The summed E-state index contributed by atoms with van der Waals surface area (Å²) in [5.74, 6) is 0.483. The number of anilines is 1. The molecule has 0 spiro atoms. The molecule has 0 amide bonds. The Hall–Kier alpha value is -3.51. The highest BCUT2D eigenvalue weighted by atomic mass is 32.1. The lowest BCUT2D eigenvalue weighted by atomic mass is 9.96. The first-order valence-corrected chi connectivity index (χ1v) is 12.5. The minimum atomic E-state index is -0.0548. The van der Waals surface area contributed by atoms with Crippen LogP contribution in [0.3, 0.4) is 0 Å². The van der Waals surface area contributed by atoms with Gasteiger partial charge >= 0.3 is 0 Å². The topological polar surface area (TPSA) is 46.0 Å². The number of hydrogen-bond acceptors (Lipinski definition) is 3. The van der Waals surface area contributed by atoms with E-state index in [0.717, 1.165) is 23.0 Å². The first-order chi connectivity index (χ1) is 16.9. The van der Waals surface area contributed by atoms with Crippen molar-refractivity contribution in [1.29, 1.82) is 0 Å². The Morgan fingerprint density at radius 1 is 1.00 bits per heavy atom. The van der Waals surface area contributed by atoms with Crippen molar-refractivity contribution in [2.24, 2.45) is 0 Å². The number of pyridine rings is 2. The van der Waals surface area contributed by atoms with E-state index < -0.39 is 0 Å². The quantitative estimate of drug-likeness (QED) is 0.330. The fraction of sp³-hybridized carbons (Fsp3) is 0.276. The molecule has 0 bridgehead atoms. The molecule has 1 fully saturated rings. The Labute approximate surface area is 212 Å². The van der Waals surface area contributed by atoms with Gasteiger partial charge < -0.3 is 14.8 Å². The number of thiocarbonyl (C=S) groups is 1. The number of rotatable bonds is 6. The Bertz CT molecular complexity index is 1310. The van der Waals surface area contributed by atoms with Crippen molar-refractivity contribution in [1.82, 2.24) is 19.9 Å². The van der Waals surface area contributed by atoms with Crippen LogP contribution in [0.25, 0.3) is 0 Å². The third kappa shape index (κ3) is 4.46. The molecule has 1 aliphatic heterocycles. The lowest BCUT2D eigenvalue weighted by molar-refractivity contribution is 0.563. The van der Waals surface area contributed by atoms with E-state index in [1.807, 2.05) is 36.8 Å². The van der Waals surface area contributed by atoms with Crippen LogP contribution in [0.1, 0.15) is 65.6 Å². The number of nitrogens with one attached hydrogen (secondary N) is 1. The molecular formula is C29H31N5S. The maximum atomic E-state index is 5.92. The van der Waals surface area contributed by atoms with Gasteiger partial charge in [0.05, 0.1) is 17.8 Å². The maximum absolute atomic E-state index is 5.92. The van der Waals surface area contributed by atoms with E-state index in [-0.39, 0.29) is 12.1 Å². The summed E-state index contributed by atoms with van der Waals surface area (Å²) >= 11 is 5.92. The molecule has 3 aromatic heterocycles. The van der Waals surface area contributed by atoms with Gasteiger partial charge in [0.25, 0.3) is 0 Å². The molecule has 178 valence electrons. The monoisotopic (exact) mass is 481 g/mol. The molecule has 0 saturated carbocycles. The van der Waals surface area contributed by atoms with Crippen molar-refractivity contribution in [3.05, 3.63) is 113 Å². The van der Waals surface area contributed by atoms with Crippen LogP contribution in [0.15, 0.2) is 79.3 Å². The van der Waals surface area contributed by atoms with Crippen LogP contribution >= 0.6 is 12.2 Å². The number of benzene rings is 1. The summed E-state index contributed by atoms with van der Waals surface area (Å²) in [6.45, 7) is 9.59. The van der Waals surface area contributed by atoms with Gasteiger partial charge in [-0.1, -0.05) is 38.1 Å². The van der Waals surface area contributed by atoms with Crippen molar-refractivity contribution in [3.8, 4) is 0 Å². The van der Waals surface area contributed by atoms with E-state index in [1.54, 1.807) is 0 Å². The summed E-state index contributed by atoms with van der Waals surface area (Å²) in [5, 5.41) is 4.31. The largest absolute Gasteiger partial charge is 0.351 e. The molecule has 1 aromatic carbocycles. The smallest absolute Gasteiger partial charge is 0.174 e. The summed E-state index contributed by atoms with van der Waals surface area (Å²) in [4.78, 5) is 11.3. The second-order valence-corrected chi connectivity index (χ2v) is 9.90. The molecule has 5 nitrogen and oxygen atoms in total. The lowest BCUT2D eigenvalue weighted by Crippen LogP contribution is -2.29. The van der Waals surface area contributed by atoms with E-state index in [9.17, 15) is 0 Å². The molecule has 1 saturated heterocycles. The molecular weight excluding hydrogens is 450 g/mol. The molecule has 2 unspecified atom stereocenters. The third-order valence-electron chi connectivity index (χ3n) is 6.93. The van der Waals surface area contributed by atoms with Gasteiger partial charge in [0.1, 0.15) is 0 Å². The third-order valence-corrected chi connectivity index (χ3v) is 7.25. The van der Waals surface area contributed by atoms with Gasteiger partial charge in [-0.25, -0.2) is 0 Å². The lowest BCUT2D eigenvalue weighted by Gasteiger charge is -2.28. The number of hydrogen-bond donors (Lipinski definition) is 1. The second kappa shape index (κ2) is 9.62. The van der Waals surface area contributed by atoms with E-state index in [2.05, 4.69) is 89.9 Å². The Balaban J connectivity index is 1.60. The molecule has 1 N–H and O–H groups in total. The zero-order chi connectivity index (χ0) is 24.5. The summed E-state index contributed by atoms with van der Waals surface area (Å²) < 4.78 is 2.36. The molecule has 4 heterocycles. The van der Waals surface area contributed by atoms with Crippen molar-refractivity contribution >= 4 is 23.0 Å². The van der Waals surface area contributed by atoms with Crippen LogP contribution < -0.4 is 10.2 Å². The first kappa shape index (κ1) is 23.2. The van der Waals surface area contributed by atoms with Crippen LogP contribution in [-0.2, 0) is 6.54 Å². The SMILES string of the molecule is Cc1cc(C2C(c3ccccn3)NC(=S)N2c2ccc(C(C)C)cc2)c(C)n1Cc1cccnc1. The standard InChI is InChI=1S/C29H31N5S/c1-19(2)23-10-12-24(13-11-23)34-28(27(32-29(34)35)26-9-5-6-15-31-26)25-16-20(3)33(21(25)4)18-22-8-7-14-30-17-22/h5-17,19,27-28H,18H2,1-4H3,(H,32,35). The fourth-order valence-electron chi connectivity index (χ4n) is 5.01. The highest BCUT2D eigenvalue weighted by Gasteiger charge is 2.42. The fourth-order valence-corrected chi connectivity index (χ4v) is 5.36. The molecule has 0 radical (unpaired) electrons. The summed E-state index contributed by atoms with van der Waals surface area (Å²) in [6, 6.07) is 21.2. The Kier molecular flexibility index (Phi) is 6.39.